The number of anilines is 1. The van der Waals surface area contributed by atoms with Crippen LogP contribution in [0.1, 0.15) is 29.9 Å². The van der Waals surface area contributed by atoms with Crippen molar-refractivity contribution in [3.05, 3.63) is 102 Å². The summed E-state index contributed by atoms with van der Waals surface area (Å²) in [6, 6.07) is 30.3. The zero-order chi connectivity index (χ0) is 22.7. The monoisotopic (exact) mass is 439 g/mol. The van der Waals surface area contributed by atoms with E-state index in [4.69, 9.17) is 0 Å². The van der Waals surface area contributed by atoms with Gasteiger partial charge in [0.15, 0.2) is 0 Å². The lowest BCUT2D eigenvalue weighted by atomic mass is 9.84. The van der Waals surface area contributed by atoms with Crippen LogP contribution in [0.15, 0.2) is 91.0 Å². The molecule has 0 radical (unpaired) electrons. The van der Waals surface area contributed by atoms with Crippen LogP contribution in [0, 0.1) is 0 Å². The van der Waals surface area contributed by atoms with Gasteiger partial charge in [0.2, 0.25) is 11.8 Å². The van der Waals surface area contributed by atoms with Crippen molar-refractivity contribution in [1.29, 1.82) is 0 Å². The number of amides is 2. The number of likely N-dealkylation sites (tertiary alicyclic amines) is 1. The minimum atomic E-state index is -0.584. The van der Waals surface area contributed by atoms with Crippen LogP contribution >= 0.6 is 0 Å². The molecule has 168 valence electrons. The number of hydrogen-bond donors (Lipinski definition) is 1. The highest BCUT2D eigenvalue weighted by molar-refractivity contribution is 5.94. The Labute approximate surface area is 195 Å². The first-order valence-electron chi connectivity index (χ1n) is 11.7. The predicted octanol–water partition coefficient (Wildman–Crippen LogP) is 3.97. The van der Waals surface area contributed by atoms with Gasteiger partial charge in [0.05, 0.1) is 12.6 Å². The number of benzene rings is 3. The van der Waals surface area contributed by atoms with Gasteiger partial charge >= 0.3 is 0 Å². The summed E-state index contributed by atoms with van der Waals surface area (Å²) in [5.41, 5.74) is 2.65. The number of nitrogens with one attached hydrogen (secondary N) is 1. The Morgan fingerprint density at radius 2 is 1.42 bits per heavy atom. The summed E-state index contributed by atoms with van der Waals surface area (Å²) in [5.74, 6) is -0.0165. The first-order chi connectivity index (χ1) is 16.2. The van der Waals surface area contributed by atoms with E-state index in [0.29, 0.717) is 39.0 Å². The van der Waals surface area contributed by atoms with Gasteiger partial charge in [0, 0.05) is 18.8 Å². The molecule has 3 aromatic carbocycles. The van der Waals surface area contributed by atoms with E-state index < -0.39 is 5.54 Å². The zero-order valence-electron chi connectivity index (χ0n) is 18.7. The smallest absolute Gasteiger partial charge is 0.247 e. The molecule has 1 unspecified atom stereocenters. The topological polar surface area (TPSA) is 52.7 Å². The normalized spacial score (nSPS) is 18.2. The van der Waals surface area contributed by atoms with E-state index in [1.165, 1.54) is 0 Å². The third kappa shape index (κ3) is 4.11. The van der Waals surface area contributed by atoms with Crippen molar-refractivity contribution in [2.24, 2.45) is 0 Å². The molecule has 2 fully saturated rings. The average molecular weight is 440 g/mol. The highest BCUT2D eigenvalue weighted by atomic mass is 16.2. The van der Waals surface area contributed by atoms with Gasteiger partial charge in [-0.1, -0.05) is 78.9 Å². The van der Waals surface area contributed by atoms with Crippen molar-refractivity contribution in [1.82, 2.24) is 10.2 Å². The zero-order valence-corrected chi connectivity index (χ0v) is 18.7. The number of carbonyl (C=O) groups excluding carboxylic acids is 2. The second kappa shape index (κ2) is 9.10. The first-order valence-corrected chi connectivity index (χ1v) is 11.7. The van der Waals surface area contributed by atoms with Crippen LogP contribution in [0.25, 0.3) is 0 Å². The van der Waals surface area contributed by atoms with Gasteiger partial charge in [-0.15, -0.1) is 0 Å². The van der Waals surface area contributed by atoms with Gasteiger partial charge in [-0.2, -0.15) is 0 Å². The average Bonchev–Trinajstić information content (AvgIpc) is 3.19. The van der Waals surface area contributed by atoms with Crippen LogP contribution < -0.4 is 10.2 Å². The van der Waals surface area contributed by atoms with Crippen molar-refractivity contribution < 1.29 is 9.59 Å². The lowest BCUT2D eigenvalue weighted by Gasteiger charge is -2.44. The second-order valence-electron chi connectivity index (χ2n) is 8.94. The maximum atomic E-state index is 13.8. The first kappa shape index (κ1) is 21.3. The molecule has 1 spiro atoms. The molecule has 0 saturated carbocycles. The van der Waals surface area contributed by atoms with Crippen molar-refractivity contribution in [2.45, 2.75) is 30.7 Å². The second-order valence-corrected chi connectivity index (χ2v) is 8.94. The largest absolute Gasteiger partial charge is 0.342 e. The number of carbonyl (C=O) groups is 2. The molecule has 5 nitrogen and oxygen atoms in total. The minimum absolute atomic E-state index is 0.0716. The highest BCUT2D eigenvalue weighted by Gasteiger charge is 2.51. The Balaban J connectivity index is 1.35. The molecule has 33 heavy (non-hydrogen) atoms. The summed E-state index contributed by atoms with van der Waals surface area (Å²) < 4.78 is 0. The third-order valence-corrected chi connectivity index (χ3v) is 7.09. The highest BCUT2D eigenvalue weighted by Crippen LogP contribution is 2.37. The summed E-state index contributed by atoms with van der Waals surface area (Å²) in [6.45, 7) is 1.67. The molecule has 0 aromatic heterocycles. The van der Waals surface area contributed by atoms with Crippen LogP contribution in [-0.4, -0.2) is 42.0 Å². The van der Waals surface area contributed by atoms with E-state index in [-0.39, 0.29) is 17.7 Å². The SMILES string of the molecule is O=C(C(Cc1ccccc1)c1ccccc1)N1CCC2(CC1)C(=O)NCN2c1ccccc1. The van der Waals surface area contributed by atoms with Crippen LogP contribution in [0.3, 0.4) is 0 Å². The molecular formula is C28H29N3O2. The standard InChI is InChI=1S/C28H29N3O2/c32-26(25(23-12-6-2-7-13-23)20-22-10-4-1-5-11-22)30-18-16-28(17-19-30)27(33)29-21-31(28)24-14-8-3-9-15-24/h1-15,25H,16-21H2,(H,29,33). The molecule has 2 heterocycles. The third-order valence-electron chi connectivity index (χ3n) is 7.09. The lowest BCUT2D eigenvalue weighted by molar-refractivity contribution is -0.136. The molecule has 5 rings (SSSR count). The van der Waals surface area contributed by atoms with Crippen LogP contribution in [0.5, 0.6) is 0 Å². The minimum Gasteiger partial charge on any atom is -0.342 e. The Morgan fingerprint density at radius 1 is 0.848 bits per heavy atom. The van der Waals surface area contributed by atoms with Crippen molar-refractivity contribution in [3.8, 4) is 0 Å². The van der Waals surface area contributed by atoms with E-state index in [1.807, 2.05) is 83.8 Å². The number of hydrogen-bond acceptors (Lipinski definition) is 3. The molecule has 2 aliphatic rings. The summed E-state index contributed by atoms with van der Waals surface area (Å²) in [4.78, 5) is 30.8. The number of nitrogens with zero attached hydrogens (tertiary/aromatic N) is 2. The van der Waals surface area contributed by atoms with Crippen molar-refractivity contribution in [3.63, 3.8) is 0 Å². The van der Waals surface area contributed by atoms with Crippen LogP contribution in [-0.2, 0) is 16.0 Å². The van der Waals surface area contributed by atoms with E-state index in [0.717, 1.165) is 16.8 Å². The molecule has 1 atom stereocenters. The van der Waals surface area contributed by atoms with E-state index in [9.17, 15) is 9.59 Å². The predicted molar refractivity (Wildman–Crippen MR) is 130 cm³/mol. The van der Waals surface area contributed by atoms with E-state index >= 15 is 0 Å². The molecule has 2 aliphatic heterocycles. The number of piperidine rings is 1. The summed E-state index contributed by atoms with van der Waals surface area (Å²) in [6.07, 6.45) is 1.93. The van der Waals surface area contributed by atoms with E-state index in [2.05, 4.69) is 22.3 Å². The van der Waals surface area contributed by atoms with Gasteiger partial charge in [-0.25, -0.2) is 0 Å². The molecule has 2 amide bonds. The number of para-hydroxylation sites is 1. The number of rotatable bonds is 5. The maximum Gasteiger partial charge on any atom is 0.247 e. The van der Waals surface area contributed by atoms with Gasteiger partial charge < -0.3 is 15.1 Å². The Morgan fingerprint density at radius 3 is 2.06 bits per heavy atom. The lowest BCUT2D eigenvalue weighted by Crippen LogP contribution is -2.57. The van der Waals surface area contributed by atoms with Crippen LogP contribution in [0.4, 0.5) is 5.69 Å². The summed E-state index contributed by atoms with van der Waals surface area (Å²) in [5, 5.41) is 3.04. The van der Waals surface area contributed by atoms with Gasteiger partial charge in [-0.05, 0) is 42.5 Å². The summed E-state index contributed by atoms with van der Waals surface area (Å²) in [7, 11) is 0. The molecule has 0 aliphatic carbocycles. The molecular weight excluding hydrogens is 410 g/mol. The molecule has 0 bridgehead atoms. The van der Waals surface area contributed by atoms with Crippen molar-refractivity contribution in [2.75, 3.05) is 24.7 Å². The quantitative estimate of drug-likeness (QED) is 0.655. The Bertz CT molecular complexity index is 1090. The fraction of sp³-hybridized carbons (Fsp3) is 0.286. The fourth-order valence-corrected chi connectivity index (χ4v) is 5.23. The van der Waals surface area contributed by atoms with Crippen molar-refractivity contribution >= 4 is 17.5 Å². The van der Waals surface area contributed by atoms with Gasteiger partial charge in [-0.3, -0.25) is 9.59 Å². The summed E-state index contributed by atoms with van der Waals surface area (Å²) >= 11 is 0. The van der Waals surface area contributed by atoms with Gasteiger partial charge in [0.25, 0.3) is 0 Å². The van der Waals surface area contributed by atoms with Gasteiger partial charge in [0.1, 0.15) is 5.54 Å². The van der Waals surface area contributed by atoms with E-state index in [1.54, 1.807) is 0 Å². The molecule has 2 saturated heterocycles. The Kier molecular flexibility index (Phi) is 5.86. The maximum absolute atomic E-state index is 13.8. The molecule has 1 N–H and O–H groups in total. The van der Waals surface area contributed by atoms with Crippen LogP contribution in [0.2, 0.25) is 0 Å². The fourth-order valence-electron chi connectivity index (χ4n) is 5.23. The molecule has 5 heteroatoms. The molecule has 3 aromatic rings. The Hall–Kier alpha value is -3.60.